The highest BCUT2D eigenvalue weighted by molar-refractivity contribution is 9.10. The minimum atomic E-state index is 0.611. The van der Waals surface area contributed by atoms with Gasteiger partial charge in [0.2, 0.25) is 0 Å². The number of nitrogens with zero attached hydrogens (tertiary/aromatic N) is 2. The molecule has 0 spiro atoms. The van der Waals surface area contributed by atoms with E-state index in [4.69, 9.17) is 4.74 Å². The van der Waals surface area contributed by atoms with Crippen LogP contribution >= 0.6 is 15.9 Å². The molecule has 0 radical (unpaired) electrons. The molecule has 0 amide bonds. The Morgan fingerprint density at radius 2 is 2.30 bits per heavy atom. The first-order valence-corrected chi connectivity index (χ1v) is 7.72. The quantitative estimate of drug-likeness (QED) is 0.845. The molecule has 5 heteroatoms. The third-order valence-electron chi connectivity index (χ3n) is 3.31. The van der Waals surface area contributed by atoms with Crippen molar-refractivity contribution in [3.63, 3.8) is 0 Å². The summed E-state index contributed by atoms with van der Waals surface area (Å²) in [7, 11) is 0. The van der Waals surface area contributed by atoms with Crippen LogP contribution < -0.4 is 10.1 Å². The highest BCUT2D eigenvalue weighted by Gasteiger charge is 2.19. The number of halogens is 1. The second kappa shape index (κ2) is 6.41. The molecular formula is C15H18BrN3O. The minimum Gasteiger partial charge on any atom is -0.490 e. The predicted octanol–water partition coefficient (Wildman–Crippen LogP) is 2.98. The molecule has 1 fully saturated rings. The second-order valence-corrected chi connectivity index (χ2v) is 5.89. The summed E-state index contributed by atoms with van der Waals surface area (Å²) < 4.78 is 8.65. The van der Waals surface area contributed by atoms with Gasteiger partial charge in [-0.05, 0) is 52.5 Å². The summed E-state index contributed by atoms with van der Waals surface area (Å²) in [6, 6.07) is 8.91. The van der Waals surface area contributed by atoms with Gasteiger partial charge < -0.3 is 10.1 Å². The van der Waals surface area contributed by atoms with Crippen LogP contribution in [-0.4, -0.2) is 22.4 Å². The molecule has 2 aromatic rings. The highest BCUT2D eigenvalue weighted by Crippen LogP contribution is 2.26. The van der Waals surface area contributed by atoms with Gasteiger partial charge in [-0.3, -0.25) is 4.68 Å². The average Bonchev–Trinajstić information content (AvgIpc) is 3.14. The number of nitrogens with one attached hydrogen (secondary N) is 1. The van der Waals surface area contributed by atoms with E-state index in [1.165, 1.54) is 18.4 Å². The van der Waals surface area contributed by atoms with Crippen molar-refractivity contribution in [2.24, 2.45) is 0 Å². The summed E-state index contributed by atoms with van der Waals surface area (Å²) in [5.74, 6) is 0.882. The Morgan fingerprint density at radius 3 is 3.00 bits per heavy atom. The van der Waals surface area contributed by atoms with Gasteiger partial charge >= 0.3 is 0 Å². The molecule has 1 aliphatic carbocycles. The number of rotatable bonds is 7. The predicted molar refractivity (Wildman–Crippen MR) is 81.7 cm³/mol. The van der Waals surface area contributed by atoms with Gasteiger partial charge in [0.15, 0.2) is 0 Å². The van der Waals surface area contributed by atoms with E-state index in [2.05, 4.69) is 38.5 Å². The lowest BCUT2D eigenvalue weighted by Crippen LogP contribution is -2.15. The van der Waals surface area contributed by atoms with E-state index in [-0.39, 0.29) is 0 Å². The normalized spacial score (nSPS) is 14.4. The van der Waals surface area contributed by atoms with Gasteiger partial charge in [-0.1, -0.05) is 6.07 Å². The summed E-state index contributed by atoms with van der Waals surface area (Å²) >= 11 is 3.57. The topological polar surface area (TPSA) is 39.1 Å². The molecule has 1 aromatic carbocycles. The largest absolute Gasteiger partial charge is 0.490 e. The van der Waals surface area contributed by atoms with Crippen LogP contribution in [0.2, 0.25) is 0 Å². The van der Waals surface area contributed by atoms with Gasteiger partial charge in [0.1, 0.15) is 12.4 Å². The van der Waals surface area contributed by atoms with E-state index >= 15 is 0 Å². The molecule has 3 rings (SSSR count). The van der Waals surface area contributed by atoms with E-state index in [0.29, 0.717) is 6.61 Å². The lowest BCUT2D eigenvalue weighted by molar-refractivity contribution is 0.289. The van der Waals surface area contributed by atoms with E-state index in [1.54, 1.807) is 6.20 Å². The van der Waals surface area contributed by atoms with Crippen LogP contribution in [0.25, 0.3) is 0 Å². The molecule has 0 atom stereocenters. The van der Waals surface area contributed by atoms with Gasteiger partial charge in [0.25, 0.3) is 0 Å². The molecule has 1 heterocycles. The van der Waals surface area contributed by atoms with E-state index in [9.17, 15) is 0 Å². The minimum absolute atomic E-state index is 0.611. The molecule has 106 valence electrons. The van der Waals surface area contributed by atoms with Gasteiger partial charge in [-0.25, -0.2) is 0 Å². The molecule has 1 N–H and O–H groups in total. The fourth-order valence-electron chi connectivity index (χ4n) is 2.00. The maximum Gasteiger partial charge on any atom is 0.133 e. The molecular weight excluding hydrogens is 318 g/mol. The Kier molecular flexibility index (Phi) is 4.38. The summed E-state index contributed by atoms with van der Waals surface area (Å²) in [5.41, 5.74) is 1.28. The number of aromatic nitrogens is 2. The van der Waals surface area contributed by atoms with Crippen LogP contribution in [0.5, 0.6) is 5.75 Å². The molecule has 1 aliphatic rings. The summed E-state index contributed by atoms with van der Waals surface area (Å²) in [6.07, 6.45) is 6.34. The third kappa shape index (κ3) is 3.84. The van der Waals surface area contributed by atoms with Crippen molar-refractivity contribution in [1.82, 2.24) is 15.1 Å². The number of hydrogen-bond donors (Lipinski definition) is 1. The fourth-order valence-corrected chi connectivity index (χ4v) is 2.54. The molecule has 4 nitrogen and oxygen atoms in total. The zero-order valence-electron chi connectivity index (χ0n) is 11.3. The van der Waals surface area contributed by atoms with E-state index < -0.39 is 0 Å². The van der Waals surface area contributed by atoms with Crippen LogP contribution in [0.15, 0.2) is 41.1 Å². The Labute approximate surface area is 127 Å². The first-order valence-electron chi connectivity index (χ1n) is 6.93. The Balaban J connectivity index is 1.50. The molecule has 0 bridgehead atoms. The maximum absolute atomic E-state index is 5.77. The molecule has 0 aliphatic heterocycles. The number of ether oxygens (including phenoxy) is 1. The zero-order chi connectivity index (χ0) is 13.8. The van der Waals surface area contributed by atoms with Crippen LogP contribution in [0, 0.1) is 0 Å². The van der Waals surface area contributed by atoms with Gasteiger partial charge in [0.05, 0.1) is 11.0 Å². The number of hydrogen-bond acceptors (Lipinski definition) is 3. The lowest BCUT2D eigenvalue weighted by Gasteiger charge is -2.10. The first-order chi connectivity index (χ1) is 9.81. The Hall–Kier alpha value is -1.33. The average molecular weight is 336 g/mol. The standard InChI is InChI=1S/C15H18BrN3O/c16-14-10-12(11-17-13-3-4-13)2-5-15(14)20-9-8-19-7-1-6-18-19/h1-2,5-7,10,13,17H,3-4,8-9,11H2. The molecule has 0 unspecified atom stereocenters. The van der Waals surface area contributed by atoms with Crippen LogP contribution in [0.1, 0.15) is 18.4 Å². The van der Waals surface area contributed by atoms with Crippen LogP contribution in [0.3, 0.4) is 0 Å². The molecule has 20 heavy (non-hydrogen) atoms. The third-order valence-corrected chi connectivity index (χ3v) is 3.93. The van der Waals surface area contributed by atoms with Gasteiger partial charge in [-0.15, -0.1) is 0 Å². The SMILES string of the molecule is Brc1cc(CNC2CC2)ccc1OCCn1cccn1. The first kappa shape index (κ1) is 13.6. The molecule has 0 saturated heterocycles. The Morgan fingerprint density at radius 1 is 1.40 bits per heavy atom. The van der Waals surface area contributed by atoms with Crippen molar-refractivity contribution in [3.05, 3.63) is 46.7 Å². The van der Waals surface area contributed by atoms with E-state index in [0.717, 1.165) is 29.4 Å². The molecule has 1 saturated carbocycles. The van der Waals surface area contributed by atoms with Crippen molar-refractivity contribution in [2.75, 3.05) is 6.61 Å². The number of benzene rings is 1. The van der Waals surface area contributed by atoms with Crippen molar-refractivity contribution in [1.29, 1.82) is 0 Å². The van der Waals surface area contributed by atoms with Gasteiger partial charge in [-0.2, -0.15) is 5.10 Å². The van der Waals surface area contributed by atoms with Crippen LogP contribution in [-0.2, 0) is 13.1 Å². The molecule has 1 aromatic heterocycles. The van der Waals surface area contributed by atoms with E-state index in [1.807, 2.05) is 23.0 Å². The van der Waals surface area contributed by atoms with Crippen LogP contribution in [0.4, 0.5) is 0 Å². The van der Waals surface area contributed by atoms with Crippen molar-refractivity contribution in [2.45, 2.75) is 32.0 Å². The Bertz CT molecular complexity index is 552. The maximum atomic E-state index is 5.77. The van der Waals surface area contributed by atoms with Crippen molar-refractivity contribution < 1.29 is 4.74 Å². The summed E-state index contributed by atoms with van der Waals surface area (Å²) in [5, 5.41) is 7.66. The fraction of sp³-hybridized carbons (Fsp3) is 0.400. The lowest BCUT2D eigenvalue weighted by atomic mass is 10.2. The summed E-state index contributed by atoms with van der Waals surface area (Å²) in [6.45, 7) is 2.29. The second-order valence-electron chi connectivity index (χ2n) is 5.04. The monoisotopic (exact) mass is 335 g/mol. The smallest absolute Gasteiger partial charge is 0.133 e. The highest BCUT2D eigenvalue weighted by atomic mass is 79.9. The van der Waals surface area contributed by atoms with Crippen molar-refractivity contribution >= 4 is 15.9 Å². The van der Waals surface area contributed by atoms with Crippen molar-refractivity contribution in [3.8, 4) is 5.75 Å². The summed E-state index contributed by atoms with van der Waals surface area (Å²) in [4.78, 5) is 0. The zero-order valence-corrected chi connectivity index (χ0v) is 12.8. The van der Waals surface area contributed by atoms with Gasteiger partial charge in [0, 0.05) is 25.0 Å².